The lowest BCUT2D eigenvalue weighted by Crippen LogP contribution is -2.30. The van der Waals surface area contributed by atoms with Gasteiger partial charge in [0.25, 0.3) is 0 Å². The van der Waals surface area contributed by atoms with Crippen LogP contribution in [-0.4, -0.2) is 18.0 Å². The third-order valence-electron chi connectivity index (χ3n) is 4.90. The van der Waals surface area contributed by atoms with Gasteiger partial charge in [0.15, 0.2) is 0 Å². The van der Waals surface area contributed by atoms with E-state index < -0.39 is 0 Å². The summed E-state index contributed by atoms with van der Waals surface area (Å²) in [6.07, 6.45) is 16.2. The van der Waals surface area contributed by atoms with Gasteiger partial charge in [0.05, 0.1) is 6.04 Å². The van der Waals surface area contributed by atoms with Gasteiger partial charge in [0, 0.05) is 0 Å². The summed E-state index contributed by atoms with van der Waals surface area (Å²) in [5, 5.41) is 0. The molecular formula is C21H33N. The molecule has 1 atom stereocenters. The quantitative estimate of drug-likeness (QED) is 0.607. The molecule has 0 spiro atoms. The summed E-state index contributed by atoms with van der Waals surface area (Å²) in [5.74, 6) is 0. The van der Waals surface area contributed by atoms with Crippen LogP contribution < -0.4 is 0 Å². The summed E-state index contributed by atoms with van der Waals surface area (Å²) in [6.45, 7) is 6.54. The van der Waals surface area contributed by atoms with Crippen LogP contribution in [0.5, 0.6) is 0 Å². The van der Waals surface area contributed by atoms with Crippen molar-refractivity contribution in [2.24, 2.45) is 0 Å². The Labute approximate surface area is 137 Å². The number of nitrogens with zero attached hydrogens (tertiary/aromatic N) is 1. The molecule has 0 amide bonds. The third-order valence-corrected chi connectivity index (χ3v) is 4.90. The second-order valence-corrected chi connectivity index (χ2v) is 6.66. The highest BCUT2D eigenvalue weighted by Gasteiger charge is 2.16. The molecule has 2 rings (SSSR count). The van der Waals surface area contributed by atoms with Gasteiger partial charge in [0.1, 0.15) is 0 Å². The van der Waals surface area contributed by atoms with Gasteiger partial charge in [0.2, 0.25) is 0 Å². The fraction of sp³-hybridized carbons (Fsp3) is 0.619. The van der Waals surface area contributed by atoms with Gasteiger partial charge < -0.3 is 0 Å². The fourth-order valence-electron chi connectivity index (χ4n) is 3.58. The average Bonchev–Trinajstić information content (AvgIpc) is 2.58. The van der Waals surface area contributed by atoms with E-state index in [9.17, 15) is 0 Å². The summed E-state index contributed by atoms with van der Waals surface area (Å²) in [4.78, 5) is 2.65. The first-order valence-electron chi connectivity index (χ1n) is 9.33. The summed E-state index contributed by atoms with van der Waals surface area (Å²) in [6, 6.07) is 11.3. The van der Waals surface area contributed by atoms with Crippen LogP contribution in [0.4, 0.5) is 0 Å². The summed E-state index contributed by atoms with van der Waals surface area (Å²) >= 11 is 0. The molecule has 0 aliphatic carbocycles. The summed E-state index contributed by atoms with van der Waals surface area (Å²) in [5.41, 5.74) is 1.39. The molecule has 1 heteroatoms. The first-order valence-corrected chi connectivity index (χ1v) is 9.33. The standard InChI is InChI=1S/C21H33N/c1-2-21(20-16-12-11-13-17-20)22-18-14-9-7-5-3-4-6-8-10-15-19-22/h2,11-13,16-17,21H,1,3-10,14-15,18-19H2. The Kier molecular flexibility index (Phi) is 8.33. The molecule has 1 aliphatic heterocycles. The first kappa shape index (κ1) is 17.3. The Morgan fingerprint density at radius 3 is 1.64 bits per heavy atom. The van der Waals surface area contributed by atoms with Crippen molar-refractivity contribution in [2.75, 3.05) is 13.1 Å². The van der Waals surface area contributed by atoms with E-state index >= 15 is 0 Å². The monoisotopic (exact) mass is 299 g/mol. The normalized spacial score (nSPS) is 21.1. The fourth-order valence-corrected chi connectivity index (χ4v) is 3.58. The summed E-state index contributed by atoms with van der Waals surface area (Å²) in [7, 11) is 0. The molecule has 1 aromatic carbocycles. The van der Waals surface area contributed by atoms with E-state index in [1.807, 2.05) is 0 Å². The molecule has 0 saturated carbocycles. The van der Waals surface area contributed by atoms with Crippen molar-refractivity contribution in [1.29, 1.82) is 0 Å². The highest BCUT2D eigenvalue weighted by atomic mass is 15.1. The van der Waals surface area contributed by atoms with Gasteiger partial charge >= 0.3 is 0 Å². The van der Waals surface area contributed by atoms with Crippen LogP contribution in [0, 0.1) is 0 Å². The number of benzene rings is 1. The average molecular weight is 300 g/mol. The van der Waals surface area contributed by atoms with Crippen molar-refractivity contribution >= 4 is 0 Å². The maximum Gasteiger partial charge on any atom is 0.0528 e. The van der Waals surface area contributed by atoms with Crippen LogP contribution in [0.25, 0.3) is 0 Å². The van der Waals surface area contributed by atoms with Crippen molar-refractivity contribution in [3.63, 3.8) is 0 Å². The minimum Gasteiger partial charge on any atom is -0.293 e. The molecule has 1 nitrogen and oxygen atoms in total. The van der Waals surface area contributed by atoms with E-state index in [0.717, 1.165) is 0 Å². The molecule has 1 heterocycles. The van der Waals surface area contributed by atoms with Gasteiger partial charge in [-0.2, -0.15) is 0 Å². The van der Waals surface area contributed by atoms with Crippen molar-refractivity contribution in [3.8, 4) is 0 Å². The predicted molar refractivity (Wildman–Crippen MR) is 97.1 cm³/mol. The van der Waals surface area contributed by atoms with Crippen LogP contribution in [0.3, 0.4) is 0 Å². The van der Waals surface area contributed by atoms with Crippen LogP contribution in [-0.2, 0) is 0 Å². The van der Waals surface area contributed by atoms with Crippen LogP contribution in [0.15, 0.2) is 43.0 Å². The minimum atomic E-state index is 0.381. The van der Waals surface area contributed by atoms with E-state index in [0.29, 0.717) is 6.04 Å². The van der Waals surface area contributed by atoms with Crippen LogP contribution >= 0.6 is 0 Å². The van der Waals surface area contributed by atoms with Crippen molar-refractivity contribution < 1.29 is 0 Å². The Balaban J connectivity index is 1.97. The maximum absolute atomic E-state index is 4.12. The van der Waals surface area contributed by atoms with E-state index in [-0.39, 0.29) is 0 Å². The molecule has 22 heavy (non-hydrogen) atoms. The van der Waals surface area contributed by atoms with Gasteiger partial charge in [-0.25, -0.2) is 0 Å². The van der Waals surface area contributed by atoms with Gasteiger partial charge in [-0.1, -0.05) is 87.8 Å². The van der Waals surface area contributed by atoms with Crippen molar-refractivity contribution in [2.45, 2.75) is 70.3 Å². The summed E-state index contributed by atoms with van der Waals surface area (Å²) < 4.78 is 0. The number of hydrogen-bond donors (Lipinski definition) is 0. The Morgan fingerprint density at radius 1 is 0.727 bits per heavy atom. The predicted octanol–water partition coefficient (Wildman–Crippen LogP) is 6.13. The zero-order valence-corrected chi connectivity index (χ0v) is 14.2. The smallest absolute Gasteiger partial charge is 0.0528 e. The zero-order chi connectivity index (χ0) is 15.5. The minimum absolute atomic E-state index is 0.381. The molecule has 0 radical (unpaired) electrons. The van der Waals surface area contributed by atoms with Gasteiger partial charge in [-0.05, 0) is 31.5 Å². The van der Waals surface area contributed by atoms with Crippen molar-refractivity contribution in [3.05, 3.63) is 48.6 Å². The SMILES string of the molecule is C=CC(c1ccccc1)N1CCCCCCCCCCCC1. The lowest BCUT2D eigenvalue weighted by Gasteiger charge is -2.30. The first-order chi connectivity index (χ1) is 10.9. The van der Waals surface area contributed by atoms with Crippen LogP contribution in [0.1, 0.15) is 75.8 Å². The molecule has 0 N–H and O–H groups in total. The van der Waals surface area contributed by atoms with E-state index in [1.54, 1.807) is 0 Å². The lowest BCUT2D eigenvalue weighted by molar-refractivity contribution is 0.221. The molecule has 0 bridgehead atoms. The molecule has 1 fully saturated rings. The highest BCUT2D eigenvalue weighted by molar-refractivity contribution is 5.22. The molecule has 1 aromatic rings. The Bertz CT molecular complexity index is 384. The molecular weight excluding hydrogens is 266 g/mol. The number of hydrogen-bond acceptors (Lipinski definition) is 1. The van der Waals surface area contributed by atoms with Crippen LogP contribution in [0.2, 0.25) is 0 Å². The largest absolute Gasteiger partial charge is 0.293 e. The molecule has 1 unspecified atom stereocenters. The third kappa shape index (κ3) is 5.96. The molecule has 0 aromatic heterocycles. The lowest BCUT2D eigenvalue weighted by atomic mass is 10.0. The van der Waals surface area contributed by atoms with E-state index in [4.69, 9.17) is 0 Å². The number of rotatable bonds is 3. The van der Waals surface area contributed by atoms with E-state index in [1.165, 1.54) is 82.9 Å². The Hall–Kier alpha value is -1.08. The topological polar surface area (TPSA) is 3.24 Å². The highest BCUT2D eigenvalue weighted by Crippen LogP contribution is 2.24. The molecule has 122 valence electrons. The van der Waals surface area contributed by atoms with Crippen molar-refractivity contribution in [1.82, 2.24) is 4.90 Å². The van der Waals surface area contributed by atoms with Gasteiger partial charge in [-0.3, -0.25) is 4.90 Å². The zero-order valence-electron chi connectivity index (χ0n) is 14.2. The van der Waals surface area contributed by atoms with Gasteiger partial charge in [-0.15, -0.1) is 6.58 Å². The molecule has 1 saturated heterocycles. The second kappa shape index (κ2) is 10.6. The van der Waals surface area contributed by atoms with E-state index in [2.05, 4.69) is 47.9 Å². The maximum atomic E-state index is 4.12. The Morgan fingerprint density at radius 2 is 1.18 bits per heavy atom. The second-order valence-electron chi connectivity index (χ2n) is 6.66. The molecule has 1 aliphatic rings.